The predicted molar refractivity (Wildman–Crippen MR) is 120 cm³/mol. The lowest BCUT2D eigenvalue weighted by molar-refractivity contribution is 0.0939. The lowest BCUT2D eigenvalue weighted by Crippen LogP contribution is -2.46. The Morgan fingerprint density at radius 1 is 1.06 bits per heavy atom. The van der Waals surface area contributed by atoms with Crippen LogP contribution in [0, 0.1) is 5.82 Å². The number of carbonyl (C=O) groups excluding carboxylic acids is 2. The van der Waals surface area contributed by atoms with E-state index in [1.807, 2.05) is 31.2 Å². The molecule has 1 saturated heterocycles. The van der Waals surface area contributed by atoms with Gasteiger partial charge in [0, 0.05) is 31.0 Å². The summed E-state index contributed by atoms with van der Waals surface area (Å²) >= 11 is 0. The summed E-state index contributed by atoms with van der Waals surface area (Å²) in [6.45, 7) is 3.20. The van der Waals surface area contributed by atoms with Crippen LogP contribution in [0.2, 0.25) is 0 Å². The SMILES string of the molecule is CC(NC(=O)c1ccc(=O)n(-c2cccc(F)c2)c1)c1ccc(N2CCCNC2=O)cc1. The number of urea groups is 1. The van der Waals surface area contributed by atoms with Crippen LogP contribution in [0.5, 0.6) is 0 Å². The highest BCUT2D eigenvalue weighted by atomic mass is 19.1. The molecule has 0 saturated carbocycles. The summed E-state index contributed by atoms with van der Waals surface area (Å²) in [6, 6.07) is 15.4. The van der Waals surface area contributed by atoms with Crippen molar-refractivity contribution in [1.29, 1.82) is 0 Å². The Morgan fingerprint density at radius 3 is 2.56 bits per heavy atom. The molecule has 2 N–H and O–H groups in total. The molecule has 2 heterocycles. The van der Waals surface area contributed by atoms with Gasteiger partial charge < -0.3 is 10.6 Å². The van der Waals surface area contributed by atoms with Gasteiger partial charge in [-0.15, -0.1) is 0 Å². The summed E-state index contributed by atoms with van der Waals surface area (Å²) in [5.74, 6) is -0.828. The molecular formula is C24H23FN4O3. The topological polar surface area (TPSA) is 83.4 Å². The number of benzene rings is 2. The van der Waals surface area contributed by atoms with Gasteiger partial charge in [-0.25, -0.2) is 9.18 Å². The van der Waals surface area contributed by atoms with Gasteiger partial charge in [0.1, 0.15) is 5.82 Å². The van der Waals surface area contributed by atoms with Crippen LogP contribution in [0.15, 0.2) is 71.7 Å². The highest BCUT2D eigenvalue weighted by Gasteiger charge is 2.19. The maximum Gasteiger partial charge on any atom is 0.321 e. The van der Waals surface area contributed by atoms with Gasteiger partial charge in [-0.3, -0.25) is 19.1 Å². The molecule has 3 amide bonds. The number of hydrogen-bond donors (Lipinski definition) is 2. The van der Waals surface area contributed by atoms with E-state index < -0.39 is 5.82 Å². The van der Waals surface area contributed by atoms with E-state index in [-0.39, 0.29) is 29.1 Å². The van der Waals surface area contributed by atoms with Gasteiger partial charge in [-0.05, 0) is 55.3 Å². The van der Waals surface area contributed by atoms with Crippen LogP contribution in [0.25, 0.3) is 5.69 Å². The highest BCUT2D eigenvalue weighted by Crippen LogP contribution is 2.21. The molecule has 0 bridgehead atoms. The molecule has 1 aliphatic heterocycles. The number of rotatable bonds is 5. The normalized spacial score (nSPS) is 14.6. The van der Waals surface area contributed by atoms with Crippen molar-refractivity contribution in [3.05, 3.63) is 94.2 Å². The van der Waals surface area contributed by atoms with Crippen LogP contribution in [-0.2, 0) is 0 Å². The van der Waals surface area contributed by atoms with E-state index in [1.165, 1.54) is 41.1 Å². The molecule has 1 aromatic heterocycles. The highest BCUT2D eigenvalue weighted by molar-refractivity contribution is 5.94. The van der Waals surface area contributed by atoms with Crippen LogP contribution >= 0.6 is 0 Å². The van der Waals surface area contributed by atoms with Crippen molar-refractivity contribution in [2.75, 3.05) is 18.0 Å². The van der Waals surface area contributed by atoms with Crippen molar-refractivity contribution < 1.29 is 14.0 Å². The number of aromatic nitrogens is 1. The Balaban J connectivity index is 1.48. The number of halogens is 1. The minimum absolute atomic E-state index is 0.112. The molecule has 1 unspecified atom stereocenters. The molecule has 4 rings (SSSR count). The molecular weight excluding hydrogens is 411 g/mol. The minimum Gasteiger partial charge on any atom is -0.345 e. The van der Waals surface area contributed by atoms with E-state index in [0.29, 0.717) is 18.8 Å². The predicted octanol–water partition coefficient (Wildman–Crippen LogP) is 3.39. The van der Waals surface area contributed by atoms with E-state index in [1.54, 1.807) is 11.0 Å². The molecule has 2 aromatic carbocycles. The fourth-order valence-corrected chi connectivity index (χ4v) is 3.63. The first kappa shape index (κ1) is 21.3. The van der Waals surface area contributed by atoms with E-state index >= 15 is 0 Å². The number of nitrogens with zero attached hydrogens (tertiary/aromatic N) is 2. The maximum absolute atomic E-state index is 13.6. The molecule has 0 aliphatic carbocycles. The summed E-state index contributed by atoms with van der Waals surface area (Å²) in [4.78, 5) is 38.7. The first-order valence-electron chi connectivity index (χ1n) is 10.4. The standard InChI is InChI=1S/C24H23FN4O3/c1-16(17-6-9-20(10-7-17)28-13-3-12-26-24(28)32)27-23(31)18-8-11-22(30)29(15-18)21-5-2-4-19(25)14-21/h2,4-11,14-16H,3,12-13H2,1H3,(H,26,32)(H,27,31). The van der Waals surface area contributed by atoms with Crippen LogP contribution in [0.1, 0.15) is 35.3 Å². The molecule has 1 aliphatic rings. The maximum atomic E-state index is 13.6. The van der Waals surface area contributed by atoms with Gasteiger partial charge in [0.15, 0.2) is 0 Å². The zero-order valence-corrected chi connectivity index (χ0v) is 17.5. The Morgan fingerprint density at radius 2 is 1.84 bits per heavy atom. The van der Waals surface area contributed by atoms with Gasteiger partial charge in [-0.2, -0.15) is 0 Å². The number of anilines is 1. The van der Waals surface area contributed by atoms with E-state index in [2.05, 4.69) is 10.6 Å². The second-order valence-electron chi connectivity index (χ2n) is 7.63. The van der Waals surface area contributed by atoms with Crippen LogP contribution in [0.4, 0.5) is 14.9 Å². The third kappa shape index (κ3) is 4.54. The van der Waals surface area contributed by atoms with Gasteiger partial charge in [-0.1, -0.05) is 18.2 Å². The van der Waals surface area contributed by atoms with Crippen molar-refractivity contribution in [2.45, 2.75) is 19.4 Å². The Hall–Kier alpha value is -3.94. The number of pyridine rings is 1. The fourth-order valence-electron chi connectivity index (χ4n) is 3.63. The largest absolute Gasteiger partial charge is 0.345 e. The van der Waals surface area contributed by atoms with Crippen molar-refractivity contribution >= 4 is 17.6 Å². The van der Waals surface area contributed by atoms with Gasteiger partial charge in [0.2, 0.25) is 0 Å². The van der Waals surface area contributed by atoms with Crippen LogP contribution < -0.4 is 21.1 Å². The lowest BCUT2D eigenvalue weighted by Gasteiger charge is -2.27. The lowest BCUT2D eigenvalue weighted by atomic mass is 10.1. The van der Waals surface area contributed by atoms with Gasteiger partial charge >= 0.3 is 6.03 Å². The second kappa shape index (κ2) is 9.05. The van der Waals surface area contributed by atoms with Crippen molar-refractivity contribution in [3.8, 4) is 5.69 Å². The molecule has 0 radical (unpaired) electrons. The monoisotopic (exact) mass is 434 g/mol. The molecule has 3 aromatic rings. The van der Waals surface area contributed by atoms with Gasteiger partial charge in [0.05, 0.1) is 17.3 Å². The summed E-state index contributed by atoms with van der Waals surface area (Å²) in [6.07, 6.45) is 2.29. The Labute approximate surface area is 184 Å². The van der Waals surface area contributed by atoms with Crippen LogP contribution in [0.3, 0.4) is 0 Å². The summed E-state index contributed by atoms with van der Waals surface area (Å²) in [5, 5.41) is 5.73. The average molecular weight is 434 g/mol. The smallest absolute Gasteiger partial charge is 0.321 e. The third-order valence-corrected chi connectivity index (χ3v) is 5.39. The first-order chi connectivity index (χ1) is 15.4. The average Bonchev–Trinajstić information content (AvgIpc) is 2.80. The molecule has 1 fully saturated rings. The van der Waals surface area contributed by atoms with Crippen LogP contribution in [-0.4, -0.2) is 29.6 Å². The molecule has 32 heavy (non-hydrogen) atoms. The molecule has 1 atom stereocenters. The summed E-state index contributed by atoms with van der Waals surface area (Å²) < 4.78 is 14.8. The Kier molecular flexibility index (Phi) is 6.02. The van der Waals surface area contributed by atoms with Crippen molar-refractivity contribution in [3.63, 3.8) is 0 Å². The minimum atomic E-state index is -0.469. The molecule has 0 spiro atoms. The number of amides is 3. The summed E-state index contributed by atoms with van der Waals surface area (Å²) in [5.41, 5.74) is 1.93. The zero-order chi connectivity index (χ0) is 22.7. The summed E-state index contributed by atoms with van der Waals surface area (Å²) in [7, 11) is 0. The fraction of sp³-hybridized carbons (Fsp3) is 0.208. The van der Waals surface area contributed by atoms with Gasteiger partial charge in [0.25, 0.3) is 11.5 Å². The first-order valence-corrected chi connectivity index (χ1v) is 10.4. The zero-order valence-electron chi connectivity index (χ0n) is 17.5. The number of carbonyl (C=O) groups is 2. The number of nitrogens with one attached hydrogen (secondary N) is 2. The molecule has 8 heteroatoms. The molecule has 164 valence electrons. The van der Waals surface area contributed by atoms with E-state index in [9.17, 15) is 18.8 Å². The third-order valence-electron chi connectivity index (χ3n) is 5.39. The number of hydrogen-bond acceptors (Lipinski definition) is 3. The second-order valence-corrected chi connectivity index (χ2v) is 7.63. The van der Waals surface area contributed by atoms with Crippen molar-refractivity contribution in [2.24, 2.45) is 0 Å². The van der Waals surface area contributed by atoms with E-state index in [0.717, 1.165) is 17.7 Å². The molecule has 7 nitrogen and oxygen atoms in total. The quantitative estimate of drug-likeness (QED) is 0.646. The van der Waals surface area contributed by atoms with E-state index in [4.69, 9.17) is 0 Å². The van der Waals surface area contributed by atoms with Crippen molar-refractivity contribution in [1.82, 2.24) is 15.2 Å². The Bertz CT molecular complexity index is 1210.